The van der Waals surface area contributed by atoms with Gasteiger partial charge in [0.25, 0.3) is 0 Å². The Morgan fingerprint density at radius 2 is 1.93 bits per heavy atom. The molecule has 4 rings (SSSR count). The van der Waals surface area contributed by atoms with Crippen LogP contribution in [0.4, 0.5) is 0 Å². The van der Waals surface area contributed by atoms with Crippen LogP contribution in [0.25, 0.3) is 0 Å². The van der Waals surface area contributed by atoms with Crippen molar-refractivity contribution >= 4 is 5.91 Å². The van der Waals surface area contributed by atoms with Crippen LogP contribution in [-0.2, 0) is 30.8 Å². The summed E-state index contributed by atoms with van der Waals surface area (Å²) >= 11 is 0. The number of nitrogens with one attached hydrogen (secondary N) is 1. The Bertz CT molecular complexity index is 749. The maximum Gasteiger partial charge on any atom is 0.220 e. The summed E-state index contributed by atoms with van der Waals surface area (Å²) in [5.74, 6) is 0.177. The first-order valence-corrected chi connectivity index (χ1v) is 10.4. The van der Waals surface area contributed by atoms with Gasteiger partial charge in [0.2, 0.25) is 5.91 Å². The van der Waals surface area contributed by atoms with E-state index in [1.54, 1.807) is 0 Å². The van der Waals surface area contributed by atoms with Crippen LogP contribution >= 0.6 is 0 Å². The normalized spacial score (nSPS) is 18.2. The second-order valence-electron chi connectivity index (χ2n) is 7.95. The topological polar surface area (TPSA) is 50.2 Å². The Morgan fingerprint density at radius 1 is 1.11 bits per heavy atom. The van der Waals surface area contributed by atoms with Crippen molar-refractivity contribution in [1.82, 2.24) is 20.0 Å². The molecule has 5 nitrogen and oxygen atoms in total. The molecule has 1 N–H and O–H groups in total. The van der Waals surface area contributed by atoms with Crippen molar-refractivity contribution in [3.63, 3.8) is 0 Å². The molecule has 0 unspecified atom stereocenters. The lowest BCUT2D eigenvalue weighted by atomic mass is 10.2. The molecule has 2 aromatic rings. The highest BCUT2D eigenvalue weighted by Crippen LogP contribution is 2.19. The summed E-state index contributed by atoms with van der Waals surface area (Å²) in [6.45, 7) is 3.97. The largest absolute Gasteiger partial charge is 0.353 e. The first-order chi connectivity index (χ1) is 13.3. The Hall–Kier alpha value is -2.14. The number of amides is 1. The molecule has 5 heteroatoms. The molecule has 1 fully saturated rings. The molecule has 0 bridgehead atoms. The van der Waals surface area contributed by atoms with Crippen LogP contribution in [0.5, 0.6) is 0 Å². The molecule has 1 aromatic carbocycles. The van der Waals surface area contributed by atoms with E-state index in [9.17, 15) is 4.79 Å². The Balaban J connectivity index is 1.32. The molecule has 1 aliphatic heterocycles. The zero-order valence-electron chi connectivity index (χ0n) is 16.1. The number of aromatic nitrogens is 2. The quantitative estimate of drug-likeness (QED) is 0.854. The molecule has 0 radical (unpaired) electrons. The van der Waals surface area contributed by atoms with Crippen molar-refractivity contribution in [3.8, 4) is 0 Å². The summed E-state index contributed by atoms with van der Waals surface area (Å²) in [5.41, 5.74) is 3.68. The molecule has 0 atom stereocenters. The smallest absolute Gasteiger partial charge is 0.220 e. The van der Waals surface area contributed by atoms with E-state index in [1.165, 1.54) is 24.1 Å². The maximum absolute atomic E-state index is 12.2. The number of carbonyl (C=O) groups is 1. The van der Waals surface area contributed by atoms with Crippen LogP contribution < -0.4 is 5.32 Å². The van der Waals surface area contributed by atoms with Gasteiger partial charge in [0.05, 0.1) is 11.4 Å². The van der Waals surface area contributed by atoms with Crippen LogP contribution in [0.3, 0.4) is 0 Å². The summed E-state index contributed by atoms with van der Waals surface area (Å²) in [5, 5.41) is 7.94. The predicted molar refractivity (Wildman–Crippen MR) is 106 cm³/mol. The van der Waals surface area contributed by atoms with Gasteiger partial charge in [-0.25, -0.2) is 0 Å². The minimum atomic E-state index is 0.177. The van der Waals surface area contributed by atoms with Crippen molar-refractivity contribution < 1.29 is 4.79 Å². The highest BCUT2D eigenvalue weighted by atomic mass is 16.1. The number of benzene rings is 1. The van der Waals surface area contributed by atoms with Gasteiger partial charge >= 0.3 is 0 Å². The number of hydrogen-bond donors (Lipinski definition) is 1. The van der Waals surface area contributed by atoms with Crippen LogP contribution in [0.2, 0.25) is 0 Å². The van der Waals surface area contributed by atoms with E-state index < -0.39 is 0 Å². The molecule has 2 heterocycles. The second kappa shape index (κ2) is 8.70. The van der Waals surface area contributed by atoms with E-state index in [0.717, 1.165) is 57.6 Å². The van der Waals surface area contributed by atoms with E-state index in [2.05, 4.69) is 51.3 Å². The van der Waals surface area contributed by atoms with Gasteiger partial charge in [-0.15, -0.1) is 0 Å². The third kappa shape index (κ3) is 4.98. The SMILES string of the molecule is O=C(CCc1cc2n(n1)CCCN(Cc1ccccc1)C2)NC1CCCC1. The van der Waals surface area contributed by atoms with Crippen molar-refractivity contribution in [2.75, 3.05) is 6.54 Å². The summed E-state index contributed by atoms with van der Waals surface area (Å²) in [6, 6.07) is 13.3. The third-order valence-corrected chi connectivity index (χ3v) is 5.72. The van der Waals surface area contributed by atoms with Gasteiger partial charge in [-0.05, 0) is 30.9 Å². The molecule has 0 saturated heterocycles. The first kappa shape index (κ1) is 18.2. The fourth-order valence-corrected chi connectivity index (χ4v) is 4.30. The molecule has 27 heavy (non-hydrogen) atoms. The minimum Gasteiger partial charge on any atom is -0.353 e. The van der Waals surface area contributed by atoms with Crippen molar-refractivity contribution in [3.05, 3.63) is 53.3 Å². The Kier molecular flexibility index (Phi) is 5.87. The molecule has 1 saturated carbocycles. The number of aryl methyl sites for hydroxylation is 2. The lowest BCUT2D eigenvalue weighted by molar-refractivity contribution is -0.121. The van der Waals surface area contributed by atoms with Gasteiger partial charge < -0.3 is 5.32 Å². The van der Waals surface area contributed by atoms with Gasteiger partial charge in [0.15, 0.2) is 0 Å². The van der Waals surface area contributed by atoms with E-state index >= 15 is 0 Å². The fraction of sp³-hybridized carbons (Fsp3) is 0.545. The van der Waals surface area contributed by atoms with Crippen LogP contribution in [-0.4, -0.2) is 33.2 Å². The maximum atomic E-state index is 12.2. The summed E-state index contributed by atoms with van der Waals surface area (Å²) in [6.07, 6.45) is 7.17. The average Bonchev–Trinajstić information content (AvgIpc) is 3.27. The zero-order chi connectivity index (χ0) is 18.5. The van der Waals surface area contributed by atoms with E-state index in [1.807, 2.05) is 0 Å². The number of nitrogens with zero attached hydrogens (tertiary/aromatic N) is 3. The third-order valence-electron chi connectivity index (χ3n) is 5.72. The second-order valence-corrected chi connectivity index (χ2v) is 7.95. The zero-order valence-corrected chi connectivity index (χ0v) is 16.1. The lowest BCUT2D eigenvalue weighted by Crippen LogP contribution is -2.32. The molecular formula is C22H30N4O. The van der Waals surface area contributed by atoms with Crippen molar-refractivity contribution in [2.24, 2.45) is 0 Å². The van der Waals surface area contributed by atoms with Crippen LogP contribution in [0.1, 0.15) is 55.5 Å². The number of rotatable bonds is 6. The van der Waals surface area contributed by atoms with Crippen molar-refractivity contribution in [1.29, 1.82) is 0 Å². The standard InChI is InChI=1S/C22H30N4O/c27-22(23-19-9-4-5-10-19)12-11-20-15-21-17-25(13-6-14-26(21)24-20)16-18-7-2-1-3-8-18/h1-3,7-8,15,19H,4-6,9-14,16-17H2,(H,23,27). The Labute approximate surface area is 161 Å². The first-order valence-electron chi connectivity index (χ1n) is 10.4. The highest BCUT2D eigenvalue weighted by molar-refractivity contribution is 5.76. The Morgan fingerprint density at radius 3 is 2.74 bits per heavy atom. The van der Waals surface area contributed by atoms with E-state index in [0.29, 0.717) is 12.5 Å². The van der Waals surface area contributed by atoms with Crippen LogP contribution in [0, 0.1) is 0 Å². The highest BCUT2D eigenvalue weighted by Gasteiger charge is 2.19. The van der Waals surface area contributed by atoms with Gasteiger partial charge in [0.1, 0.15) is 0 Å². The molecule has 144 valence electrons. The molecule has 1 aromatic heterocycles. The van der Waals surface area contributed by atoms with Gasteiger partial charge in [-0.1, -0.05) is 43.2 Å². The number of fused-ring (bicyclic) bond motifs is 1. The minimum absolute atomic E-state index is 0.177. The van der Waals surface area contributed by atoms with E-state index in [-0.39, 0.29) is 5.91 Å². The fourth-order valence-electron chi connectivity index (χ4n) is 4.30. The molecule has 1 aliphatic carbocycles. The van der Waals surface area contributed by atoms with Gasteiger partial charge in [0, 0.05) is 45.1 Å². The number of hydrogen-bond acceptors (Lipinski definition) is 3. The lowest BCUT2D eigenvalue weighted by Gasteiger charge is -2.19. The number of carbonyl (C=O) groups excluding carboxylic acids is 1. The van der Waals surface area contributed by atoms with Gasteiger partial charge in [-0.3, -0.25) is 14.4 Å². The van der Waals surface area contributed by atoms with Gasteiger partial charge in [-0.2, -0.15) is 5.10 Å². The molecule has 0 spiro atoms. The summed E-state index contributed by atoms with van der Waals surface area (Å²) < 4.78 is 2.15. The molecule has 2 aliphatic rings. The predicted octanol–water partition coefficient (Wildman–Crippen LogP) is 3.28. The van der Waals surface area contributed by atoms with Crippen molar-refractivity contribution in [2.45, 2.75) is 70.6 Å². The average molecular weight is 367 g/mol. The molecule has 1 amide bonds. The van der Waals surface area contributed by atoms with Crippen LogP contribution in [0.15, 0.2) is 36.4 Å². The monoisotopic (exact) mass is 366 g/mol. The summed E-state index contributed by atoms with van der Waals surface area (Å²) in [7, 11) is 0. The molecular weight excluding hydrogens is 336 g/mol. The van der Waals surface area contributed by atoms with E-state index in [4.69, 9.17) is 5.10 Å². The summed E-state index contributed by atoms with van der Waals surface area (Å²) in [4.78, 5) is 14.7.